The van der Waals surface area contributed by atoms with Gasteiger partial charge in [-0.3, -0.25) is 9.20 Å². The summed E-state index contributed by atoms with van der Waals surface area (Å²) in [7, 11) is 1.72. The molecule has 1 aliphatic heterocycles. The molecule has 1 fully saturated rings. The Morgan fingerprint density at radius 3 is 3.00 bits per heavy atom. The number of nitriles is 1. The van der Waals surface area contributed by atoms with Crippen molar-refractivity contribution in [3.63, 3.8) is 0 Å². The number of carbonyl (C=O) groups excluding carboxylic acids is 1. The normalized spacial score (nSPS) is 16.0. The van der Waals surface area contributed by atoms with Crippen molar-refractivity contribution in [3.8, 4) is 29.1 Å². The molecule has 0 bridgehead atoms. The van der Waals surface area contributed by atoms with Crippen molar-refractivity contribution in [3.05, 3.63) is 42.1 Å². The standard InChI is InChI=1S/C22H21FN10O/c1-31-22(28-29-30-31)17-10-16(9-14-3-2-8-32(12-14)20(34)6-7-24)26-21(27-17)18-11-25-19-5-4-15(23)13-33(18)19/h4-5,10-11,13-14H,2-3,6,8-9,12H2,1H3/t14-/m0/s1. The van der Waals surface area contributed by atoms with E-state index >= 15 is 0 Å². The molecule has 0 radical (unpaired) electrons. The van der Waals surface area contributed by atoms with Gasteiger partial charge in [-0.15, -0.1) is 5.10 Å². The van der Waals surface area contributed by atoms with Crippen LogP contribution in [0.2, 0.25) is 0 Å². The van der Waals surface area contributed by atoms with E-state index in [-0.39, 0.29) is 18.2 Å². The predicted molar refractivity (Wildman–Crippen MR) is 117 cm³/mol. The lowest BCUT2D eigenvalue weighted by Crippen LogP contribution is -2.40. The van der Waals surface area contributed by atoms with Crippen molar-refractivity contribution in [1.82, 2.24) is 44.5 Å². The van der Waals surface area contributed by atoms with Crippen molar-refractivity contribution in [2.45, 2.75) is 25.7 Å². The van der Waals surface area contributed by atoms with Gasteiger partial charge in [-0.05, 0) is 53.8 Å². The molecule has 4 aromatic rings. The van der Waals surface area contributed by atoms with E-state index in [0.29, 0.717) is 48.2 Å². The van der Waals surface area contributed by atoms with Crippen molar-refractivity contribution in [2.24, 2.45) is 13.0 Å². The average Bonchev–Trinajstić information content (AvgIpc) is 3.45. The number of pyridine rings is 1. The maximum Gasteiger partial charge on any atom is 0.236 e. The number of hydrogen-bond donors (Lipinski definition) is 0. The highest BCUT2D eigenvalue weighted by Gasteiger charge is 2.25. The van der Waals surface area contributed by atoms with Crippen LogP contribution in [-0.4, -0.2) is 63.5 Å². The first-order valence-electron chi connectivity index (χ1n) is 10.9. The Morgan fingerprint density at radius 1 is 1.32 bits per heavy atom. The van der Waals surface area contributed by atoms with Gasteiger partial charge >= 0.3 is 0 Å². The minimum Gasteiger partial charge on any atom is -0.342 e. The Bertz CT molecular complexity index is 1400. The van der Waals surface area contributed by atoms with E-state index in [1.54, 1.807) is 28.6 Å². The monoisotopic (exact) mass is 460 g/mol. The summed E-state index contributed by atoms with van der Waals surface area (Å²) in [6, 6.07) is 6.71. The fraction of sp³-hybridized carbons (Fsp3) is 0.364. The zero-order valence-corrected chi connectivity index (χ0v) is 18.5. The molecular weight excluding hydrogens is 439 g/mol. The quantitative estimate of drug-likeness (QED) is 0.441. The number of imidazole rings is 1. The maximum atomic E-state index is 13.9. The van der Waals surface area contributed by atoms with Crippen LogP contribution >= 0.6 is 0 Å². The van der Waals surface area contributed by atoms with Crippen molar-refractivity contribution in [1.29, 1.82) is 5.26 Å². The summed E-state index contributed by atoms with van der Waals surface area (Å²) >= 11 is 0. The van der Waals surface area contributed by atoms with E-state index in [4.69, 9.17) is 10.2 Å². The molecule has 1 atom stereocenters. The van der Waals surface area contributed by atoms with Gasteiger partial charge in [-0.25, -0.2) is 24.0 Å². The SMILES string of the molecule is Cn1nnnc1-c1cc(C[C@@H]2CCCN(C(=O)CC#N)C2)nc(-c2cnc3ccc(F)cn23)n1. The van der Waals surface area contributed by atoms with Gasteiger partial charge in [0, 0.05) is 32.0 Å². The molecule has 0 saturated carbocycles. The van der Waals surface area contributed by atoms with Crippen LogP contribution in [0.1, 0.15) is 25.0 Å². The van der Waals surface area contributed by atoms with Crippen LogP contribution in [0.4, 0.5) is 4.39 Å². The van der Waals surface area contributed by atoms with Gasteiger partial charge in [0.2, 0.25) is 11.7 Å². The molecule has 11 nitrogen and oxygen atoms in total. The van der Waals surface area contributed by atoms with Crippen LogP contribution in [0, 0.1) is 23.1 Å². The summed E-state index contributed by atoms with van der Waals surface area (Å²) < 4.78 is 17.1. The van der Waals surface area contributed by atoms with Crippen molar-refractivity contribution < 1.29 is 9.18 Å². The molecule has 0 aliphatic carbocycles. The van der Waals surface area contributed by atoms with Crippen LogP contribution in [0.3, 0.4) is 0 Å². The van der Waals surface area contributed by atoms with E-state index in [1.165, 1.54) is 16.9 Å². The smallest absolute Gasteiger partial charge is 0.236 e. The minimum atomic E-state index is -0.398. The Kier molecular flexibility index (Phi) is 5.67. The predicted octanol–water partition coefficient (Wildman–Crippen LogP) is 1.82. The molecule has 5 heterocycles. The maximum absolute atomic E-state index is 13.9. The lowest BCUT2D eigenvalue weighted by molar-refractivity contribution is -0.131. The first kappa shape index (κ1) is 21.6. The number of hydrogen-bond acceptors (Lipinski definition) is 8. The number of halogens is 1. The molecular formula is C22H21FN10O. The molecule has 172 valence electrons. The second-order valence-corrected chi connectivity index (χ2v) is 8.30. The highest BCUT2D eigenvalue weighted by molar-refractivity contribution is 5.78. The van der Waals surface area contributed by atoms with Crippen molar-refractivity contribution in [2.75, 3.05) is 13.1 Å². The molecule has 1 aliphatic rings. The average molecular weight is 460 g/mol. The molecule has 4 aromatic heterocycles. The Hall–Kier alpha value is -4.27. The number of fused-ring (bicyclic) bond motifs is 1. The second-order valence-electron chi connectivity index (χ2n) is 8.30. The third kappa shape index (κ3) is 4.19. The van der Waals surface area contributed by atoms with Crippen LogP contribution in [0.5, 0.6) is 0 Å². The molecule has 5 rings (SSSR count). The molecule has 12 heteroatoms. The summed E-state index contributed by atoms with van der Waals surface area (Å²) in [5, 5.41) is 20.5. The number of likely N-dealkylation sites (tertiary alicyclic amines) is 1. The molecule has 0 unspecified atom stereocenters. The largest absolute Gasteiger partial charge is 0.342 e. The molecule has 1 amide bonds. The van der Waals surface area contributed by atoms with Gasteiger partial charge in [0.1, 0.15) is 29.3 Å². The zero-order valence-electron chi connectivity index (χ0n) is 18.5. The van der Waals surface area contributed by atoms with Crippen LogP contribution in [-0.2, 0) is 18.3 Å². The first-order chi connectivity index (χ1) is 16.5. The summed E-state index contributed by atoms with van der Waals surface area (Å²) in [5.74, 6) is 0.490. The fourth-order valence-electron chi connectivity index (χ4n) is 4.33. The Balaban J connectivity index is 1.52. The number of tetrazole rings is 1. The topological polar surface area (TPSA) is 131 Å². The number of aryl methyl sites for hydroxylation is 1. The highest BCUT2D eigenvalue weighted by atomic mass is 19.1. The number of amides is 1. The van der Waals surface area contributed by atoms with Gasteiger partial charge < -0.3 is 4.90 Å². The van der Waals surface area contributed by atoms with Crippen molar-refractivity contribution >= 4 is 11.6 Å². The summed E-state index contributed by atoms with van der Waals surface area (Å²) in [4.78, 5) is 27.7. The minimum absolute atomic E-state index is 0.113. The van der Waals surface area contributed by atoms with Gasteiger partial charge in [-0.1, -0.05) is 0 Å². The van der Waals surface area contributed by atoms with Gasteiger partial charge in [-0.2, -0.15) is 5.26 Å². The third-order valence-corrected chi connectivity index (χ3v) is 5.93. The molecule has 1 saturated heterocycles. The first-order valence-corrected chi connectivity index (χ1v) is 10.9. The molecule has 0 aromatic carbocycles. The summed E-state index contributed by atoms with van der Waals surface area (Å²) in [6.45, 7) is 1.23. The van der Waals surface area contributed by atoms with E-state index < -0.39 is 5.82 Å². The van der Waals surface area contributed by atoms with Gasteiger partial charge in [0.05, 0.1) is 12.3 Å². The number of rotatable bonds is 5. The third-order valence-electron chi connectivity index (χ3n) is 5.93. The lowest BCUT2D eigenvalue weighted by Gasteiger charge is -2.32. The Morgan fingerprint density at radius 2 is 2.21 bits per heavy atom. The van der Waals surface area contributed by atoms with E-state index in [1.807, 2.05) is 12.1 Å². The number of aromatic nitrogens is 8. The zero-order chi connectivity index (χ0) is 23.7. The fourth-order valence-corrected chi connectivity index (χ4v) is 4.33. The Labute approximate surface area is 193 Å². The second kappa shape index (κ2) is 8.93. The summed E-state index contributed by atoms with van der Waals surface area (Å²) in [5.41, 5.74) is 2.41. The molecule has 34 heavy (non-hydrogen) atoms. The lowest BCUT2D eigenvalue weighted by atomic mass is 9.93. The number of nitrogens with zero attached hydrogens (tertiary/aromatic N) is 10. The highest BCUT2D eigenvalue weighted by Crippen LogP contribution is 2.26. The summed E-state index contributed by atoms with van der Waals surface area (Å²) in [6.07, 6.45) is 5.25. The van der Waals surface area contributed by atoms with Crippen LogP contribution in [0.25, 0.3) is 28.7 Å². The van der Waals surface area contributed by atoms with Crippen LogP contribution in [0.15, 0.2) is 30.6 Å². The van der Waals surface area contributed by atoms with E-state index in [2.05, 4.69) is 25.5 Å². The number of carbonyl (C=O) groups is 1. The van der Waals surface area contributed by atoms with Gasteiger partial charge in [0.15, 0.2) is 5.82 Å². The van der Waals surface area contributed by atoms with Gasteiger partial charge in [0.25, 0.3) is 0 Å². The number of piperidine rings is 1. The molecule has 0 spiro atoms. The van der Waals surface area contributed by atoms with E-state index in [0.717, 1.165) is 18.5 Å². The van der Waals surface area contributed by atoms with E-state index in [9.17, 15) is 9.18 Å². The molecule has 0 N–H and O–H groups in total. The van der Waals surface area contributed by atoms with Crippen LogP contribution < -0.4 is 0 Å².